The number of aliphatic hydroxyl groups is 1. The van der Waals surface area contributed by atoms with Crippen molar-refractivity contribution in [3.63, 3.8) is 0 Å². The van der Waals surface area contributed by atoms with Gasteiger partial charge in [0.1, 0.15) is 30.3 Å². The van der Waals surface area contributed by atoms with Crippen LogP contribution >= 0.6 is 7.82 Å². The third-order valence-electron chi connectivity index (χ3n) is 4.07. The molecule has 0 spiro atoms. The maximum Gasteiger partial charge on any atom is 0.488 e. The molecule has 23 heavy (non-hydrogen) atoms. The maximum atomic E-state index is 11.9. The molecule has 2 saturated heterocycles. The number of hydrogen-bond acceptors (Lipinski definition) is 10. The summed E-state index contributed by atoms with van der Waals surface area (Å²) in [4.78, 5) is 23.2. The van der Waals surface area contributed by atoms with Crippen LogP contribution in [0.1, 0.15) is 0 Å². The van der Waals surface area contributed by atoms with E-state index < -0.39 is 38.7 Å². The average Bonchev–Trinajstić information content (AvgIpc) is 3.00. The van der Waals surface area contributed by atoms with Gasteiger partial charge in [-0.25, -0.2) is 4.89 Å². The van der Waals surface area contributed by atoms with Gasteiger partial charge in [-0.15, -0.1) is 0 Å². The Morgan fingerprint density at radius 2 is 2.22 bits per heavy atom. The third-order valence-corrected chi connectivity index (χ3v) is 5.13. The molecule has 2 fully saturated rings. The van der Waals surface area contributed by atoms with Gasteiger partial charge < -0.3 is 30.7 Å². The van der Waals surface area contributed by atoms with E-state index in [0.717, 1.165) is 0 Å². The Morgan fingerprint density at radius 1 is 1.43 bits per heavy atom. The minimum absolute atomic E-state index is 0.0135. The smallest absolute Gasteiger partial charge is 0.385 e. The van der Waals surface area contributed by atoms with Crippen LogP contribution in [0.2, 0.25) is 0 Å². The van der Waals surface area contributed by atoms with E-state index in [0.29, 0.717) is 11.5 Å². The zero-order valence-electron chi connectivity index (χ0n) is 11.9. The van der Waals surface area contributed by atoms with Crippen LogP contribution in [0.25, 0.3) is 0 Å². The van der Waals surface area contributed by atoms with E-state index in [1.54, 1.807) is 4.90 Å². The van der Waals surface area contributed by atoms with Crippen LogP contribution in [0.5, 0.6) is 0 Å². The van der Waals surface area contributed by atoms with E-state index in [9.17, 15) is 14.8 Å². The van der Waals surface area contributed by atoms with E-state index in [2.05, 4.69) is 16.0 Å². The molecule has 4 aliphatic heterocycles. The van der Waals surface area contributed by atoms with Gasteiger partial charge in [0, 0.05) is 0 Å². The highest BCUT2D eigenvalue weighted by atomic mass is 31.2. The summed E-state index contributed by atoms with van der Waals surface area (Å²) in [6.45, 7) is 0.251. The Balaban J connectivity index is 1.57. The van der Waals surface area contributed by atoms with Crippen LogP contribution in [0.3, 0.4) is 0 Å². The van der Waals surface area contributed by atoms with E-state index >= 15 is 0 Å². The number of amides is 1. The second kappa shape index (κ2) is 5.18. The van der Waals surface area contributed by atoms with Crippen LogP contribution < -0.4 is 21.7 Å². The number of ether oxygens (including phenoxy) is 1. The van der Waals surface area contributed by atoms with Gasteiger partial charge in [0.15, 0.2) is 18.6 Å². The van der Waals surface area contributed by atoms with Crippen LogP contribution in [-0.2, 0) is 18.6 Å². The normalized spacial score (nSPS) is 46.0. The number of carbonyl (C=O) groups is 1. The molecule has 4 aliphatic rings. The van der Waals surface area contributed by atoms with E-state index in [4.69, 9.17) is 27.1 Å². The van der Waals surface area contributed by atoms with E-state index in [1.807, 2.05) is 0 Å². The highest BCUT2D eigenvalue weighted by Crippen LogP contribution is 2.58. The van der Waals surface area contributed by atoms with Crippen LogP contribution in [-0.4, -0.2) is 72.5 Å². The third kappa shape index (κ3) is 2.47. The van der Waals surface area contributed by atoms with Gasteiger partial charge in [0.05, 0.1) is 6.67 Å². The number of carbonyl (C=O) groups excluding carboxylic acids is 1. The summed E-state index contributed by atoms with van der Waals surface area (Å²) in [5.74, 6) is 0.0863. The summed E-state index contributed by atoms with van der Waals surface area (Å²) < 4.78 is 16.0. The molecule has 5 unspecified atom stereocenters. The lowest BCUT2D eigenvalue weighted by atomic mass is 10.1. The van der Waals surface area contributed by atoms with Crippen molar-refractivity contribution in [3.8, 4) is 0 Å². The fraction of sp³-hybridized carbons (Fsp3) is 0.700. The number of aliphatic hydroxyl groups excluding tert-OH is 1. The summed E-state index contributed by atoms with van der Waals surface area (Å²) in [7, 11) is 2.04. The molecule has 0 aliphatic carbocycles. The lowest BCUT2D eigenvalue weighted by molar-refractivity contribution is -0.119. The van der Waals surface area contributed by atoms with Gasteiger partial charge in [-0.1, -0.05) is 0 Å². The molecular formula is C10H16BN5O6P+. The van der Waals surface area contributed by atoms with Crippen molar-refractivity contribution in [1.82, 2.24) is 20.9 Å². The predicted molar refractivity (Wildman–Crippen MR) is 76.5 cm³/mol. The van der Waals surface area contributed by atoms with Crippen molar-refractivity contribution in [2.45, 2.75) is 30.8 Å². The summed E-state index contributed by atoms with van der Waals surface area (Å²) >= 11 is 0. The van der Waals surface area contributed by atoms with Gasteiger partial charge in [-0.3, -0.25) is 10.5 Å². The molecule has 0 aromatic carbocycles. The fourth-order valence-electron chi connectivity index (χ4n) is 3.05. The highest BCUT2D eigenvalue weighted by molar-refractivity contribution is 7.85. The quantitative estimate of drug-likeness (QED) is 0.207. The lowest BCUT2D eigenvalue weighted by Crippen LogP contribution is -2.58. The molecule has 11 nitrogen and oxygen atoms in total. The summed E-state index contributed by atoms with van der Waals surface area (Å²) in [5.41, 5.74) is 6.02. The Morgan fingerprint density at radius 3 is 3.00 bits per heavy atom. The van der Waals surface area contributed by atoms with Crippen molar-refractivity contribution in [3.05, 3.63) is 11.5 Å². The van der Waals surface area contributed by atoms with Crippen molar-refractivity contribution < 1.29 is 28.6 Å². The van der Waals surface area contributed by atoms with Crippen molar-refractivity contribution in [1.29, 1.82) is 0 Å². The summed E-state index contributed by atoms with van der Waals surface area (Å²) in [6, 6.07) is 0. The van der Waals surface area contributed by atoms with E-state index in [1.165, 1.54) is 0 Å². The first-order chi connectivity index (χ1) is 10.9. The lowest BCUT2D eigenvalue weighted by Gasteiger charge is -2.32. The predicted octanol–water partition coefficient (Wildman–Crippen LogP) is -3.68. The molecule has 0 bridgehead atoms. The number of hydrogen-bond donors (Lipinski definition) is 6. The number of nitrogens with one attached hydrogen (secondary N) is 3. The molecule has 7 N–H and O–H groups in total. The molecule has 6 atom stereocenters. The zero-order valence-corrected chi connectivity index (χ0v) is 12.8. The summed E-state index contributed by atoms with van der Waals surface area (Å²) in [6.07, 6.45) is -4.03. The molecule has 4 heterocycles. The molecule has 0 saturated carbocycles. The zero-order chi connectivity index (χ0) is 16.4. The monoisotopic (exact) mass is 344 g/mol. The standard InChI is InChI=1S/C10H16BN5O6P/c11-23(19)20-1-3-6(22-23)5(17)9(21-3)16-2-13-4-7(16)14-10(12)15-8(4)18/h3,5-6,9-10,13-14,17,19H,1-2,12H2,(H,15,18)/q+1/t3?,5?,6-,9?,10?,23?/m1/s1. The topological polar surface area (TPSA) is 151 Å². The molecule has 2 radical (unpaired) electrons. The Labute approximate surface area is 133 Å². The van der Waals surface area contributed by atoms with Gasteiger partial charge in [-0.05, 0) is 0 Å². The molecule has 13 heteroatoms. The molecule has 0 aromatic heterocycles. The van der Waals surface area contributed by atoms with Gasteiger partial charge in [-0.2, -0.15) is 9.05 Å². The first-order valence-electron chi connectivity index (χ1n) is 7.00. The average molecular weight is 344 g/mol. The van der Waals surface area contributed by atoms with Crippen LogP contribution in [0, 0.1) is 0 Å². The number of fused-ring (bicyclic) bond motifs is 1. The molecule has 124 valence electrons. The Kier molecular flexibility index (Phi) is 3.47. The second-order valence-corrected chi connectivity index (χ2v) is 7.21. The molecule has 0 aromatic rings. The van der Waals surface area contributed by atoms with Gasteiger partial charge in [0.2, 0.25) is 0 Å². The number of rotatable bonds is 1. The molecule has 1 amide bonds. The van der Waals surface area contributed by atoms with Gasteiger partial charge >= 0.3 is 15.4 Å². The van der Waals surface area contributed by atoms with Crippen molar-refractivity contribution in [2.24, 2.45) is 5.73 Å². The van der Waals surface area contributed by atoms with E-state index in [-0.39, 0.29) is 19.2 Å². The highest BCUT2D eigenvalue weighted by Gasteiger charge is 2.58. The van der Waals surface area contributed by atoms with Crippen molar-refractivity contribution in [2.75, 3.05) is 13.3 Å². The Hall–Kier alpha value is -1.14. The Bertz CT molecular complexity index is 578. The SMILES string of the molecule is [B][P+]1(O)OCC2OC(N3CNC4=C3NC(N)NC4=O)C(O)[C@@H]2O1. The summed E-state index contributed by atoms with van der Waals surface area (Å²) in [5, 5.41) is 18.8. The first-order valence-corrected chi connectivity index (χ1v) is 8.65. The minimum atomic E-state index is -3.44. The number of nitrogens with zero attached hydrogens (tertiary/aromatic N) is 1. The minimum Gasteiger partial charge on any atom is -0.385 e. The van der Waals surface area contributed by atoms with Crippen LogP contribution in [0.4, 0.5) is 0 Å². The molecular weight excluding hydrogens is 328 g/mol. The van der Waals surface area contributed by atoms with Crippen LogP contribution in [0.15, 0.2) is 11.5 Å². The fourth-order valence-corrected chi connectivity index (χ4v) is 4.08. The molecule has 4 rings (SSSR count). The number of nitrogens with two attached hydrogens (primary N) is 1. The maximum absolute atomic E-state index is 11.9. The first kappa shape index (κ1) is 15.4. The van der Waals surface area contributed by atoms with Crippen molar-refractivity contribution >= 4 is 21.3 Å². The largest absolute Gasteiger partial charge is 0.488 e. The van der Waals surface area contributed by atoms with Gasteiger partial charge in [0.25, 0.3) is 5.91 Å². The second-order valence-electron chi connectivity index (χ2n) is 5.61.